The first kappa shape index (κ1) is 24.2. The lowest BCUT2D eigenvalue weighted by Gasteiger charge is -2.31. The van der Waals surface area contributed by atoms with E-state index in [1.807, 2.05) is 63.2 Å². The Bertz CT molecular complexity index is 1080. The van der Waals surface area contributed by atoms with Gasteiger partial charge < -0.3 is 10.2 Å². The number of carbonyl (C=O) groups excluding carboxylic acids is 2. The molecule has 4 nitrogen and oxygen atoms in total. The van der Waals surface area contributed by atoms with Gasteiger partial charge in [-0.3, -0.25) is 9.59 Å². The van der Waals surface area contributed by atoms with Gasteiger partial charge in [0.2, 0.25) is 11.8 Å². The summed E-state index contributed by atoms with van der Waals surface area (Å²) in [7, 11) is 0. The summed E-state index contributed by atoms with van der Waals surface area (Å²) in [4.78, 5) is 28.3. The van der Waals surface area contributed by atoms with Crippen LogP contribution in [0, 0.1) is 19.7 Å². The topological polar surface area (TPSA) is 49.4 Å². The first-order valence-corrected chi connectivity index (χ1v) is 11.3. The fourth-order valence-corrected chi connectivity index (χ4v) is 4.10. The van der Waals surface area contributed by atoms with Crippen molar-refractivity contribution in [1.82, 2.24) is 10.2 Å². The van der Waals surface area contributed by atoms with E-state index in [4.69, 9.17) is 0 Å². The summed E-state index contributed by atoms with van der Waals surface area (Å²) in [5.74, 6) is -0.849. The summed E-state index contributed by atoms with van der Waals surface area (Å²) >= 11 is 0. The molecule has 0 aliphatic rings. The summed E-state index contributed by atoms with van der Waals surface area (Å²) in [6.07, 6.45) is 0.487. The van der Waals surface area contributed by atoms with Crippen molar-refractivity contribution in [3.63, 3.8) is 0 Å². The molecule has 0 fully saturated rings. The Balaban J connectivity index is 1.98. The van der Waals surface area contributed by atoms with E-state index in [9.17, 15) is 14.0 Å². The monoisotopic (exact) mass is 446 g/mol. The first-order chi connectivity index (χ1) is 15.9. The first-order valence-electron chi connectivity index (χ1n) is 11.3. The Labute approximate surface area is 195 Å². The number of likely N-dealkylation sites (N-methyl/N-ethyl adjacent to an activating group) is 1. The molecule has 0 radical (unpaired) electrons. The Hall–Kier alpha value is -3.47. The van der Waals surface area contributed by atoms with E-state index >= 15 is 0 Å². The third kappa shape index (κ3) is 6.75. The maximum Gasteiger partial charge on any atom is 0.243 e. The lowest BCUT2D eigenvalue weighted by Crippen LogP contribution is -2.51. The second kappa shape index (κ2) is 11.4. The molecule has 3 aromatic carbocycles. The molecule has 0 saturated carbocycles. The molecule has 0 aliphatic carbocycles. The zero-order valence-electron chi connectivity index (χ0n) is 19.5. The van der Waals surface area contributed by atoms with Crippen molar-refractivity contribution in [3.8, 4) is 0 Å². The average molecular weight is 447 g/mol. The highest BCUT2D eigenvalue weighted by Gasteiger charge is 2.30. The van der Waals surface area contributed by atoms with E-state index in [0.717, 1.165) is 22.3 Å². The third-order valence-corrected chi connectivity index (χ3v) is 5.56. The summed E-state index contributed by atoms with van der Waals surface area (Å²) in [5, 5.41) is 2.86. The van der Waals surface area contributed by atoms with Crippen LogP contribution in [0.4, 0.5) is 4.39 Å². The van der Waals surface area contributed by atoms with Gasteiger partial charge in [-0.1, -0.05) is 77.9 Å². The number of halogens is 1. The number of amides is 2. The Morgan fingerprint density at radius 2 is 1.55 bits per heavy atom. The van der Waals surface area contributed by atoms with Gasteiger partial charge in [0.25, 0.3) is 0 Å². The van der Waals surface area contributed by atoms with Gasteiger partial charge in [-0.15, -0.1) is 0 Å². The Morgan fingerprint density at radius 1 is 0.909 bits per heavy atom. The van der Waals surface area contributed by atoms with Crippen molar-refractivity contribution in [2.75, 3.05) is 6.54 Å². The lowest BCUT2D eigenvalue weighted by molar-refractivity contribution is -0.140. The average Bonchev–Trinajstić information content (AvgIpc) is 2.77. The van der Waals surface area contributed by atoms with Gasteiger partial charge in [0.15, 0.2) is 0 Å². The van der Waals surface area contributed by atoms with Crippen LogP contribution >= 0.6 is 0 Å². The molecule has 0 heterocycles. The normalized spacial score (nSPS) is 11.6. The summed E-state index contributed by atoms with van der Waals surface area (Å²) in [6.45, 7) is 6.29. The van der Waals surface area contributed by atoms with E-state index in [1.54, 1.807) is 18.2 Å². The SMILES string of the molecule is CCNC(=O)C(Cc1ccccc1)N(Cc1ccccc1F)C(=O)Cc1cc(C)cc(C)c1. The molecule has 1 N–H and O–H groups in total. The number of nitrogens with one attached hydrogen (secondary N) is 1. The fourth-order valence-electron chi connectivity index (χ4n) is 4.10. The molecule has 0 saturated heterocycles. The predicted octanol–water partition coefficient (Wildman–Crippen LogP) is 4.76. The molecule has 172 valence electrons. The number of hydrogen-bond donors (Lipinski definition) is 1. The van der Waals surface area contributed by atoms with E-state index in [1.165, 1.54) is 11.0 Å². The molecule has 0 bridgehead atoms. The summed E-state index contributed by atoms with van der Waals surface area (Å²) in [6, 6.07) is 21.2. The van der Waals surface area contributed by atoms with E-state index < -0.39 is 11.9 Å². The minimum absolute atomic E-state index is 0.0188. The lowest BCUT2D eigenvalue weighted by atomic mass is 10.00. The highest BCUT2D eigenvalue weighted by atomic mass is 19.1. The summed E-state index contributed by atoms with van der Waals surface area (Å²) in [5.41, 5.74) is 4.34. The van der Waals surface area contributed by atoms with Crippen molar-refractivity contribution in [1.29, 1.82) is 0 Å². The molecular weight excluding hydrogens is 415 g/mol. The van der Waals surface area contributed by atoms with Gasteiger partial charge in [-0.25, -0.2) is 4.39 Å². The van der Waals surface area contributed by atoms with Crippen LogP contribution in [0.15, 0.2) is 72.8 Å². The van der Waals surface area contributed by atoms with Gasteiger partial charge >= 0.3 is 0 Å². The second-order valence-corrected chi connectivity index (χ2v) is 8.39. The number of nitrogens with zero attached hydrogens (tertiary/aromatic N) is 1. The molecule has 3 rings (SSSR count). The van der Waals surface area contributed by atoms with Gasteiger partial charge in [-0.2, -0.15) is 0 Å². The highest BCUT2D eigenvalue weighted by molar-refractivity contribution is 5.88. The molecule has 33 heavy (non-hydrogen) atoms. The molecular formula is C28H31FN2O2. The van der Waals surface area contributed by atoms with Crippen molar-refractivity contribution in [2.45, 2.75) is 46.2 Å². The van der Waals surface area contributed by atoms with Crippen LogP contribution in [0.25, 0.3) is 0 Å². The zero-order chi connectivity index (χ0) is 23.8. The predicted molar refractivity (Wildman–Crippen MR) is 129 cm³/mol. The maximum atomic E-state index is 14.5. The largest absolute Gasteiger partial charge is 0.355 e. The van der Waals surface area contributed by atoms with Crippen molar-refractivity contribution in [3.05, 3.63) is 106 Å². The Morgan fingerprint density at radius 3 is 2.18 bits per heavy atom. The van der Waals surface area contributed by atoms with Gasteiger partial charge in [0.1, 0.15) is 11.9 Å². The van der Waals surface area contributed by atoms with Crippen LogP contribution < -0.4 is 5.32 Å². The van der Waals surface area contributed by atoms with Crippen LogP contribution in [0.2, 0.25) is 0 Å². The van der Waals surface area contributed by atoms with E-state index in [2.05, 4.69) is 11.4 Å². The number of carbonyl (C=O) groups is 2. The standard InChI is InChI=1S/C28H31FN2O2/c1-4-30-28(33)26(17-22-10-6-5-7-11-22)31(19-24-12-8-9-13-25(24)29)27(32)18-23-15-20(2)14-21(3)16-23/h5-16,26H,4,17-19H2,1-3H3,(H,30,33). The van der Waals surface area contributed by atoms with Crippen LogP contribution in [0.1, 0.15) is 34.7 Å². The number of benzene rings is 3. The number of rotatable bonds is 9. The van der Waals surface area contributed by atoms with Crippen LogP contribution in [-0.4, -0.2) is 29.3 Å². The molecule has 0 aliphatic heterocycles. The molecule has 0 aromatic heterocycles. The quantitative estimate of drug-likeness (QED) is 0.515. The second-order valence-electron chi connectivity index (χ2n) is 8.39. The molecule has 2 amide bonds. The van der Waals surface area contributed by atoms with Crippen LogP contribution in [0.3, 0.4) is 0 Å². The maximum absolute atomic E-state index is 14.5. The van der Waals surface area contributed by atoms with Crippen molar-refractivity contribution >= 4 is 11.8 Å². The molecule has 1 atom stereocenters. The van der Waals surface area contributed by atoms with Crippen LogP contribution in [-0.2, 0) is 29.0 Å². The zero-order valence-corrected chi connectivity index (χ0v) is 19.5. The van der Waals surface area contributed by atoms with Crippen LogP contribution in [0.5, 0.6) is 0 Å². The van der Waals surface area contributed by atoms with Gasteiger partial charge in [0, 0.05) is 25.1 Å². The van der Waals surface area contributed by atoms with E-state index in [0.29, 0.717) is 18.5 Å². The van der Waals surface area contributed by atoms with Crippen molar-refractivity contribution < 1.29 is 14.0 Å². The number of aryl methyl sites for hydroxylation is 2. The highest BCUT2D eigenvalue weighted by Crippen LogP contribution is 2.19. The summed E-state index contributed by atoms with van der Waals surface area (Å²) < 4.78 is 14.5. The fraction of sp³-hybridized carbons (Fsp3) is 0.286. The molecule has 3 aromatic rings. The van der Waals surface area contributed by atoms with E-state index in [-0.39, 0.29) is 24.8 Å². The molecule has 5 heteroatoms. The molecule has 0 spiro atoms. The molecule has 1 unspecified atom stereocenters. The Kier molecular flexibility index (Phi) is 8.36. The smallest absolute Gasteiger partial charge is 0.243 e. The van der Waals surface area contributed by atoms with Gasteiger partial charge in [0.05, 0.1) is 6.42 Å². The number of hydrogen-bond acceptors (Lipinski definition) is 2. The third-order valence-electron chi connectivity index (χ3n) is 5.56. The van der Waals surface area contributed by atoms with Gasteiger partial charge in [-0.05, 0) is 38.0 Å². The minimum atomic E-state index is -0.759. The minimum Gasteiger partial charge on any atom is -0.355 e. The van der Waals surface area contributed by atoms with Crippen molar-refractivity contribution in [2.24, 2.45) is 0 Å².